The Morgan fingerprint density at radius 1 is 1.38 bits per heavy atom. The molecule has 7 heteroatoms. The molecule has 0 rings (SSSR count). The molecule has 4 N–H and O–H groups in total. The zero-order valence-corrected chi connectivity index (χ0v) is 11.1. The molecule has 0 atom stereocenters. The standard InChI is InChI=1S/C9H22N4O2S/c1-7(2)5-12-16(14,15)13(8(3)4)6-9(10)11/h7-8,12H,5-6H2,1-4H3,(H3,10,11). The number of hydrogen-bond acceptors (Lipinski definition) is 3. The molecule has 0 aliphatic rings. The number of nitrogens with two attached hydrogens (primary N) is 1. The highest BCUT2D eigenvalue weighted by Gasteiger charge is 2.25. The normalized spacial score (nSPS) is 12.7. The van der Waals surface area contributed by atoms with Crippen LogP contribution in [-0.2, 0) is 10.2 Å². The Morgan fingerprint density at radius 2 is 1.88 bits per heavy atom. The molecule has 0 aliphatic heterocycles. The fourth-order valence-corrected chi connectivity index (χ4v) is 2.64. The highest BCUT2D eigenvalue weighted by atomic mass is 32.2. The van der Waals surface area contributed by atoms with E-state index in [1.54, 1.807) is 13.8 Å². The lowest BCUT2D eigenvalue weighted by Gasteiger charge is -2.25. The number of nitrogens with one attached hydrogen (secondary N) is 2. The van der Waals surface area contributed by atoms with Gasteiger partial charge in [0, 0.05) is 12.6 Å². The first-order valence-corrected chi connectivity index (χ1v) is 6.70. The van der Waals surface area contributed by atoms with Gasteiger partial charge in [0.15, 0.2) is 0 Å². The van der Waals surface area contributed by atoms with Crippen LogP contribution in [0.5, 0.6) is 0 Å². The van der Waals surface area contributed by atoms with Crippen LogP contribution in [0.4, 0.5) is 0 Å². The van der Waals surface area contributed by atoms with Gasteiger partial charge in [-0.25, -0.2) is 4.72 Å². The van der Waals surface area contributed by atoms with Crippen molar-refractivity contribution in [3.05, 3.63) is 0 Å². The van der Waals surface area contributed by atoms with Crippen molar-refractivity contribution < 1.29 is 8.42 Å². The minimum atomic E-state index is -3.55. The molecule has 96 valence electrons. The van der Waals surface area contributed by atoms with E-state index in [9.17, 15) is 8.42 Å². The molecular weight excluding hydrogens is 228 g/mol. The molecule has 0 amide bonds. The average molecular weight is 250 g/mol. The van der Waals surface area contributed by atoms with Crippen molar-refractivity contribution in [3.8, 4) is 0 Å². The van der Waals surface area contributed by atoms with Gasteiger partial charge in [0.2, 0.25) is 0 Å². The van der Waals surface area contributed by atoms with Crippen molar-refractivity contribution in [3.63, 3.8) is 0 Å². The highest BCUT2D eigenvalue weighted by molar-refractivity contribution is 7.87. The van der Waals surface area contributed by atoms with E-state index in [0.29, 0.717) is 6.54 Å². The maximum Gasteiger partial charge on any atom is 0.280 e. The van der Waals surface area contributed by atoms with Crippen molar-refractivity contribution in [1.29, 1.82) is 5.41 Å². The van der Waals surface area contributed by atoms with Crippen LogP contribution < -0.4 is 10.5 Å². The fraction of sp³-hybridized carbons (Fsp3) is 0.889. The summed E-state index contributed by atoms with van der Waals surface area (Å²) in [7, 11) is -3.55. The van der Waals surface area contributed by atoms with Gasteiger partial charge in [0.1, 0.15) is 5.84 Å². The molecule has 0 fully saturated rings. The van der Waals surface area contributed by atoms with Gasteiger partial charge >= 0.3 is 0 Å². The molecule has 0 aromatic rings. The molecule has 0 aliphatic carbocycles. The maximum absolute atomic E-state index is 11.9. The molecule has 0 aromatic carbocycles. The van der Waals surface area contributed by atoms with Gasteiger partial charge in [0.05, 0.1) is 6.54 Å². The van der Waals surface area contributed by atoms with Crippen molar-refractivity contribution in [2.75, 3.05) is 13.1 Å². The third-order valence-corrected chi connectivity index (χ3v) is 3.58. The second kappa shape index (κ2) is 6.17. The summed E-state index contributed by atoms with van der Waals surface area (Å²) in [6.45, 7) is 7.64. The molecule has 0 bridgehead atoms. The van der Waals surface area contributed by atoms with Gasteiger partial charge in [-0.3, -0.25) is 5.41 Å². The van der Waals surface area contributed by atoms with E-state index in [2.05, 4.69) is 4.72 Å². The maximum atomic E-state index is 11.9. The zero-order chi connectivity index (χ0) is 12.9. The van der Waals surface area contributed by atoms with E-state index >= 15 is 0 Å². The number of amidine groups is 1. The summed E-state index contributed by atoms with van der Waals surface area (Å²) in [5.74, 6) is 0.0738. The van der Waals surface area contributed by atoms with Crippen molar-refractivity contribution in [2.24, 2.45) is 11.7 Å². The van der Waals surface area contributed by atoms with E-state index in [1.165, 1.54) is 4.31 Å². The lowest BCUT2D eigenvalue weighted by Crippen LogP contribution is -2.48. The number of nitrogens with zero attached hydrogens (tertiary/aromatic N) is 1. The Bertz CT molecular complexity index is 324. The lowest BCUT2D eigenvalue weighted by molar-refractivity contribution is 0.379. The minimum Gasteiger partial charge on any atom is -0.387 e. The first-order valence-electron chi connectivity index (χ1n) is 5.26. The molecule has 0 radical (unpaired) electrons. The van der Waals surface area contributed by atoms with Gasteiger partial charge in [-0.15, -0.1) is 0 Å². The van der Waals surface area contributed by atoms with Crippen molar-refractivity contribution in [1.82, 2.24) is 9.03 Å². The first kappa shape index (κ1) is 15.3. The molecule has 0 spiro atoms. The van der Waals surface area contributed by atoms with Gasteiger partial charge in [-0.05, 0) is 19.8 Å². The van der Waals surface area contributed by atoms with Gasteiger partial charge in [-0.2, -0.15) is 12.7 Å². The monoisotopic (exact) mass is 250 g/mol. The molecule has 0 aromatic heterocycles. The van der Waals surface area contributed by atoms with E-state index in [0.717, 1.165) is 0 Å². The Morgan fingerprint density at radius 3 is 2.19 bits per heavy atom. The van der Waals surface area contributed by atoms with Crippen LogP contribution in [0.3, 0.4) is 0 Å². The summed E-state index contributed by atoms with van der Waals surface area (Å²) >= 11 is 0. The summed E-state index contributed by atoms with van der Waals surface area (Å²) in [5, 5.41) is 7.16. The molecule has 0 saturated heterocycles. The van der Waals surface area contributed by atoms with E-state index in [-0.39, 0.29) is 24.3 Å². The quantitative estimate of drug-likeness (QED) is 0.442. The van der Waals surface area contributed by atoms with Crippen LogP contribution in [-0.4, -0.2) is 37.7 Å². The number of hydrogen-bond donors (Lipinski definition) is 3. The fourth-order valence-electron chi connectivity index (χ4n) is 1.07. The van der Waals surface area contributed by atoms with Crippen LogP contribution in [0.25, 0.3) is 0 Å². The Labute approximate surface area is 97.9 Å². The summed E-state index contributed by atoms with van der Waals surface area (Å²) in [4.78, 5) is 0. The van der Waals surface area contributed by atoms with Crippen LogP contribution in [0.15, 0.2) is 0 Å². The topological polar surface area (TPSA) is 99.3 Å². The largest absolute Gasteiger partial charge is 0.387 e. The summed E-state index contributed by atoms with van der Waals surface area (Å²) in [5.41, 5.74) is 5.23. The third-order valence-electron chi connectivity index (χ3n) is 1.88. The van der Waals surface area contributed by atoms with Gasteiger partial charge in [0.25, 0.3) is 10.2 Å². The molecule has 6 nitrogen and oxygen atoms in total. The SMILES string of the molecule is CC(C)CNS(=O)(=O)N(CC(=N)N)C(C)C. The van der Waals surface area contributed by atoms with E-state index < -0.39 is 10.2 Å². The van der Waals surface area contributed by atoms with E-state index in [1.807, 2.05) is 13.8 Å². The molecule has 0 unspecified atom stereocenters. The molecule has 16 heavy (non-hydrogen) atoms. The summed E-state index contributed by atoms with van der Waals surface area (Å²) in [6, 6.07) is -0.228. The second-order valence-electron chi connectivity index (χ2n) is 4.41. The highest BCUT2D eigenvalue weighted by Crippen LogP contribution is 2.05. The predicted octanol–water partition coefficient (Wildman–Crippen LogP) is 0.123. The Hall–Kier alpha value is -0.660. The molecular formula is C9H22N4O2S. The lowest BCUT2D eigenvalue weighted by atomic mass is 10.2. The molecule has 0 heterocycles. The Kier molecular flexibility index (Phi) is 5.91. The summed E-state index contributed by atoms with van der Waals surface area (Å²) < 4.78 is 27.4. The number of rotatable bonds is 7. The minimum absolute atomic E-state index is 0.0783. The smallest absolute Gasteiger partial charge is 0.280 e. The van der Waals surface area contributed by atoms with Crippen LogP contribution in [0, 0.1) is 11.3 Å². The van der Waals surface area contributed by atoms with Crippen LogP contribution in [0.1, 0.15) is 27.7 Å². The van der Waals surface area contributed by atoms with Crippen molar-refractivity contribution in [2.45, 2.75) is 33.7 Å². The van der Waals surface area contributed by atoms with Gasteiger partial charge < -0.3 is 5.73 Å². The van der Waals surface area contributed by atoms with E-state index in [4.69, 9.17) is 11.1 Å². The third kappa shape index (κ3) is 5.43. The average Bonchev–Trinajstić information content (AvgIpc) is 2.10. The Balaban J connectivity index is 4.70. The van der Waals surface area contributed by atoms with Gasteiger partial charge in [-0.1, -0.05) is 13.8 Å². The second-order valence-corrected chi connectivity index (χ2v) is 6.12. The van der Waals surface area contributed by atoms with Crippen molar-refractivity contribution >= 4 is 16.0 Å². The van der Waals surface area contributed by atoms with Crippen LogP contribution >= 0.6 is 0 Å². The zero-order valence-electron chi connectivity index (χ0n) is 10.3. The molecule has 0 saturated carbocycles. The first-order chi connectivity index (χ1) is 7.16. The summed E-state index contributed by atoms with van der Waals surface area (Å²) in [6.07, 6.45) is 0. The predicted molar refractivity (Wildman–Crippen MR) is 65.5 cm³/mol. The van der Waals surface area contributed by atoms with Crippen LogP contribution in [0.2, 0.25) is 0 Å².